The molecule has 0 fully saturated rings. The van der Waals surface area contributed by atoms with Crippen LogP contribution in [0, 0.1) is 11.8 Å². The van der Waals surface area contributed by atoms with Gasteiger partial charge in [0, 0.05) is 0 Å². The second-order valence-corrected chi connectivity index (χ2v) is 7.13. The molecule has 0 aliphatic heterocycles. The van der Waals surface area contributed by atoms with Gasteiger partial charge in [-0.3, -0.25) is 0 Å². The third kappa shape index (κ3) is 9.50. The van der Waals surface area contributed by atoms with Crippen LogP contribution in [0.5, 0.6) is 0 Å². The minimum absolute atomic E-state index is 0.761. The van der Waals surface area contributed by atoms with Crippen LogP contribution in [-0.4, -0.2) is 0 Å². The van der Waals surface area contributed by atoms with Crippen LogP contribution in [0.25, 0.3) is 0 Å². The maximum absolute atomic E-state index is 2.50. The van der Waals surface area contributed by atoms with E-state index >= 15 is 0 Å². The molecular weight excluding hydrogens is 288 g/mol. The minimum atomic E-state index is 0.761. The maximum Gasteiger partial charge on any atom is -0.0159 e. The first-order valence-corrected chi connectivity index (χ1v) is 10.8. The molecule has 0 nitrogen and oxygen atoms in total. The van der Waals surface area contributed by atoms with Crippen molar-refractivity contribution in [2.24, 2.45) is 11.8 Å². The summed E-state index contributed by atoms with van der Waals surface area (Å²) < 4.78 is 0. The molecule has 3 unspecified atom stereocenters. The van der Waals surface area contributed by atoms with Gasteiger partial charge in [0.15, 0.2) is 0 Å². The van der Waals surface area contributed by atoms with E-state index in [1.807, 2.05) is 13.8 Å². The highest BCUT2D eigenvalue weighted by Gasteiger charge is 2.20. The zero-order chi connectivity index (χ0) is 18.2. The van der Waals surface area contributed by atoms with Crippen molar-refractivity contribution in [3.8, 4) is 0 Å². The predicted molar refractivity (Wildman–Crippen MR) is 112 cm³/mol. The van der Waals surface area contributed by atoms with Crippen molar-refractivity contribution in [1.82, 2.24) is 0 Å². The summed E-state index contributed by atoms with van der Waals surface area (Å²) in [5.74, 6) is 2.53. The first kappa shape index (κ1) is 23.2. The second-order valence-electron chi connectivity index (χ2n) is 7.13. The Bertz CT molecular complexity index is 354. The highest BCUT2D eigenvalue weighted by atomic mass is 14.3. The molecule has 0 N–H and O–H groups in total. The lowest BCUT2D eigenvalue weighted by atomic mass is 9.78. The van der Waals surface area contributed by atoms with Crippen LogP contribution in [-0.2, 0) is 0 Å². The molecule has 0 amide bonds. The molecule has 1 aromatic carbocycles. The number of benzene rings is 1. The van der Waals surface area contributed by atoms with Gasteiger partial charge in [-0.1, -0.05) is 117 Å². The molecule has 0 spiro atoms. The highest BCUT2D eigenvalue weighted by Crippen LogP contribution is 2.34. The number of hydrogen-bond acceptors (Lipinski definition) is 0. The van der Waals surface area contributed by atoms with Crippen LogP contribution in [0.3, 0.4) is 0 Å². The Morgan fingerprint density at radius 3 is 1.96 bits per heavy atom. The lowest BCUT2D eigenvalue weighted by molar-refractivity contribution is 0.278. The van der Waals surface area contributed by atoms with E-state index in [-0.39, 0.29) is 0 Å². The Morgan fingerprint density at radius 2 is 1.42 bits per heavy atom. The van der Waals surface area contributed by atoms with Crippen molar-refractivity contribution in [2.75, 3.05) is 0 Å². The zero-order valence-electron chi connectivity index (χ0n) is 17.5. The third-order valence-electron chi connectivity index (χ3n) is 5.34. The molecule has 3 atom stereocenters. The number of rotatable bonds is 12. The van der Waals surface area contributed by atoms with Crippen LogP contribution >= 0.6 is 0 Å². The summed E-state index contributed by atoms with van der Waals surface area (Å²) in [7, 11) is 0. The SMILES string of the molecule is CC.CCCCCC(CC)C(C)CC(CCCC)c1ccccc1. The van der Waals surface area contributed by atoms with E-state index < -0.39 is 0 Å². The first-order chi connectivity index (χ1) is 11.7. The second kappa shape index (κ2) is 15.7. The number of unbranched alkanes of at least 4 members (excludes halogenated alkanes) is 3. The first-order valence-electron chi connectivity index (χ1n) is 10.8. The topological polar surface area (TPSA) is 0 Å². The Balaban J connectivity index is 0.00000254. The highest BCUT2D eigenvalue weighted by molar-refractivity contribution is 5.19. The van der Waals surface area contributed by atoms with E-state index in [1.165, 1.54) is 57.8 Å². The van der Waals surface area contributed by atoms with Gasteiger partial charge in [0.25, 0.3) is 0 Å². The molecule has 0 aliphatic rings. The van der Waals surface area contributed by atoms with Crippen LogP contribution < -0.4 is 0 Å². The summed E-state index contributed by atoms with van der Waals surface area (Å²) in [6.07, 6.45) is 12.3. The predicted octanol–water partition coefficient (Wildman–Crippen LogP) is 8.62. The standard InChI is InChI=1S/C22H38.C2H6/c1-5-8-11-15-20(7-3)19(4)18-22(14-9-6-2)21-16-12-10-13-17-21;1-2/h10,12-13,16-17,19-20,22H,5-9,11,14-15,18H2,1-4H3;1-2H3. The molecule has 0 heterocycles. The monoisotopic (exact) mass is 332 g/mol. The summed E-state index contributed by atoms with van der Waals surface area (Å²) in [4.78, 5) is 0. The Morgan fingerprint density at radius 1 is 0.792 bits per heavy atom. The smallest absolute Gasteiger partial charge is 0.0159 e. The van der Waals surface area contributed by atoms with Crippen molar-refractivity contribution < 1.29 is 0 Å². The summed E-state index contributed by atoms with van der Waals surface area (Å²) in [5, 5.41) is 0. The van der Waals surface area contributed by atoms with Crippen LogP contribution in [0.4, 0.5) is 0 Å². The fraction of sp³-hybridized carbons (Fsp3) is 0.750. The Hall–Kier alpha value is -0.780. The van der Waals surface area contributed by atoms with Gasteiger partial charge < -0.3 is 0 Å². The van der Waals surface area contributed by atoms with Gasteiger partial charge in [0.1, 0.15) is 0 Å². The average Bonchev–Trinajstić information content (AvgIpc) is 2.64. The van der Waals surface area contributed by atoms with E-state index in [4.69, 9.17) is 0 Å². The molecule has 0 aliphatic carbocycles. The minimum Gasteiger partial charge on any atom is -0.0683 e. The van der Waals surface area contributed by atoms with Gasteiger partial charge in [-0.2, -0.15) is 0 Å². The van der Waals surface area contributed by atoms with E-state index in [0.717, 1.165) is 17.8 Å². The molecule has 140 valence electrons. The van der Waals surface area contributed by atoms with Gasteiger partial charge in [0.2, 0.25) is 0 Å². The maximum atomic E-state index is 2.50. The van der Waals surface area contributed by atoms with Crippen LogP contribution in [0.1, 0.15) is 111 Å². The van der Waals surface area contributed by atoms with E-state index in [2.05, 4.69) is 58.0 Å². The molecule has 0 heteroatoms. The van der Waals surface area contributed by atoms with Crippen molar-refractivity contribution in [1.29, 1.82) is 0 Å². The van der Waals surface area contributed by atoms with Crippen LogP contribution in [0.2, 0.25) is 0 Å². The largest absolute Gasteiger partial charge is 0.0683 e. The molecule has 1 rings (SSSR count). The van der Waals surface area contributed by atoms with Gasteiger partial charge in [0.05, 0.1) is 0 Å². The van der Waals surface area contributed by atoms with Crippen molar-refractivity contribution >= 4 is 0 Å². The van der Waals surface area contributed by atoms with Crippen molar-refractivity contribution in [3.63, 3.8) is 0 Å². The summed E-state index contributed by atoms with van der Waals surface area (Å²) in [5.41, 5.74) is 1.56. The van der Waals surface area contributed by atoms with Crippen molar-refractivity contribution in [3.05, 3.63) is 35.9 Å². The molecular formula is C24H44. The van der Waals surface area contributed by atoms with Gasteiger partial charge in [-0.25, -0.2) is 0 Å². The molecule has 0 radical (unpaired) electrons. The van der Waals surface area contributed by atoms with Crippen molar-refractivity contribution in [2.45, 2.75) is 105 Å². The molecule has 0 saturated heterocycles. The summed E-state index contributed by atoms with van der Waals surface area (Å²) in [6, 6.07) is 11.2. The molecule has 0 aromatic heterocycles. The quantitative estimate of drug-likeness (QED) is 0.336. The normalized spacial score (nSPS) is 14.4. The fourth-order valence-corrected chi connectivity index (χ4v) is 3.79. The molecule has 0 saturated carbocycles. The van der Waals surface area contributed by atoms with Crippen LogP contribution in [0.15, 0.2) is 30.3 Å². The van der Waals surface area contributed by atoms with Gasteiger partial charge in [-0.15, -0.1) is 0 Å². The Labute approximate surface area is 153 Å². The molecule has 0 bridgehead atoms. The zero-order valence-corrected chi connectivity index (χ0v) is 17.5. The van der Waals surface area contributed by atoms with E-state index in [1.54, 1.807) is 5.56 Å². The third-order valence-corrected chi connectivity index (χ3v) is 5.34. The summed E-state index contributed by atoms with van der Waals surface area (Å²) in [6.45, 7) is 13.5. The fourth-order valence-electron chi connectivity index (χ4n) is 3.79. The van der Waals surface area contributed by atoms with Gasteiger partial charge >= 0.3 is 0 Å². The van der Waals surface area contributed by atoms with Gasteiger partial charge in [-0.05, 0) is 36.2 Å². The molecule has 24 heavy (non-hydrogen) atoms. The summed E-state index contributed by atoms with van der Waals surface area (Å²) >= 11 is 0. The lowest BCUT2D eigenvalue weighted by Crippen LogP contribution is -2.15. The van der Waals surface area contributed by atoms with E-state index in [0.29, 0.717) is 0 Å². The average molecular weight is 333 g/mol. The lowest BCUT2D eigenvalue weighted by Gasteiger charge is -2.27. The van der Waals surface area contributed by atoms with E-state index in [9.17, 15) is 0 Å². The molecule has 1 aromatic rings. The Kier molecular flexibility index (Phi) is 15.2. The number of hydrogen-bond donors (Lipinski definition) is 0.